The van der Waals surface area contributed by atoms with Crippen LogP contribution in [0.1, 0.15) is 20.3 Å². The molecule has 1 heterocycles. The van der Waals surface area contributed by atoms with Crippen LogP contribution in [-0.4, -0.2) is 23.8 Å². The molecule has 1 aromatic rings. The van der Waals surface area contributed by atoms with Crippen molar-refractivity contribution < 1.29 is 0 Å². The molecule has 1 N–H and O–H groups in total. The van der Waals surface area contributed by atoms with Gasteiger partial charge in [-0.15, -0.1) is 11.8 Å². The molecule has 0 bridgehead atoms. The van der Waals surface area contributed by atoms with E-state index in [4.69, 9.17) is 0 Å². The summed E-state index contributed by atoms with van der Waals surface area (Å²) in [6, 6.07) is 6.06. The van der Waals surface area contributed by atoms with Gasteiger partial charge in [0, 0.05) is 11.9 Å². The summed E-state index contributed by atoms with van der Waals surface area (Å²) in [5.41, 5.74) is 0. The molecule has 1 aromatic heterocycles. The summed E-state index contributed by atoms with van der Waals surface area (Å²) in [5, 5.41) is 4.56. The second kappa shape index (κ2) is 7.71. The monoisotopic (exact) mass is 224 g/mol. The molecule has 0 aromatic carbocycles. The van der Waals surface area contributed by atoms with Gasteiger partial charge < -0.3 is 5.32 Å². The van der Waals surface area contributed by atoms with Crippen LogP contribution in [0.5, 0.6) is 0 Å². The van der Waals surface area contributed by atoms with Gasteiger partial charge >= 0.3 is 0 Å². The van der Waals surface area contributed by atoms with Crippen molar-refractivity contribution in [3.05, 3.63) is 24.4 Å². The maximum absolute atomic E-state index is 4.29. The molecule has 0 spiro atoms. The van der Waals surface area contributed by atoms with Gasteiger partial charge in [-0.25, -0.2) is 4.98 Å². The van der Waals surface area contributed by atoms with E-state index >= 15 is 0 Å². The van der Waals surface area contributed by atoms with Crippen molar-refractivity contribution in [2.45, 2.75) is 25.3 Å². The predicted molar refractivity (Wildman–Crippen MR) is 67.3 cm³/mol. The summed E-state index contributed by atoms with van der Waals surface area (Å²) in [7, 11) is 0. The number of nitrogens with one attached hydrogen (secondary N) is 1. The lowest BCUT2D eigenvalue weighted by Crippen LogP contribution is -2.23. The van der Waals surface area contributed by atoms with Gasteiger partial charge in [-0.05, 0) is 37.6 Å². The van der Waals surface area contributed by atoms with Crippen LogP contribution >= 0.6 is 11.8 Å². The van der Waals surface area contributed by atoms with Crippen LogP contribution in [0.25, 0.3) is 0 Å². The number of hydrogen-bond acceptors (Lipinski definition) is 3. The van der Waals surface area contributed by atoms with Crippen molar-refractivity contribution in [2.24, 2.45) is 5.92 Å². The fraction of sp³-hybridized carbons (Fsp3) is 0.583. The zero-order chi connectivity index (χ0) is 10.9. The molecule has 1 atom stereocenters. The fourth-order valence-electron chi connectivity index (χ4n) is 1.24. The van der Waals surface area contributed by atoms with Crippen molar-refractivity contribution in [1.29, 1.82) is 0 Å². The third-order valence-corrected chi connectivity index (χ3v) is 3.35. The van der Waals surface area contributed by atoms with Gasteiger partial charge in [0.15, 0.2) is 0 Å². The highest BCUT2D eigenvalue weighted by Crippen LogP contribution is 2.17. The summed E-state index contributed by atoms with van der Waals surface area (Å²) in [5.74, 6) is 1.83. The molecule has 84 valence electrons. The number of hydrogen-bond donors (Lipinski definition) is 1. The lowest BCUT2D eigenvalue weighted by molar-refractivity contribution is 0.557. The first-order chi connectivity index (χ1) is 7.33. The Morgan fingerprint density at radius 3 is 3.00 bits per heavy atom. The van der Waals surface area contributed by atoms with Gasteiger partial charge in [0.25, 0.3) is 0 Å². The zero-order valence-electron chi connectivity index (χ0n) is 9.57. The van der Waals surface area contributed by atoms with Crippen molar-refractivity contribution in [2.75, 3.05) is 18.8 Å². The van der Waals surface area contributed by atoms with Crippen molar-refractivity contribution >= 4 is 11.8 Å². The molecule has 0 saturated heterocycles. The van der Waals surface area contributed by atoms with Gasteiger partial charge in [0.05, 0.1) is 5.03 Å². The lowest BCUT2D eigenvalue weighted by Gasteiger charge is -2.11. The number of aromatic nitrogens is 1. The second-order valence-electron chi connectivity index (χ2n) is 3.79. The minimum atomic E-state index is 0.698. The van der Waals surface area contributed by atoms with Gasteiger partial charge in [0.1, 0.15) is 0 Å². The average molecular weight is 224 g/mol. The smallest absolute Gasteiger partial charge is 0.0959 e. The first-order valence-corrected chi connectivity index (χ1v) is 6.56. The molecule has 1 unspecified atom stereocenters. The average Bonchev–Trinajstić information content (AvgIpc) is 2.28. The molecule has 0 aliphatic rings. The predicted octanol–water partition coefficient (Wildman–Crippen LogP) is 2.81. The lowest BCUT2D eigenvalue weighted by atomic mass is 10.2. The molecular weight excluding hydrogens is 204 g/mol. The van der Waals surface area contributed by atoms with E-state index in [0.29, 0.717) is 5.92 Å². The largest absolute Gasteiger partial charge is 0.316 e. The minimum Gasteiger partial charge on any atom is -0.316 e. The van der Waals surface area contributed by atoms with Crippen LogP contribution in [-0.2, 0) is 0 Å². The number of nitrogens with zero attached hydrogens (tertiary/aromatic N) is 1. The standard InChI is InChI=1S/C12H20N2S/c1-3-7-13-9-11(2)10-15-12-6-4-5-8-14-12/h4-6,8,11,13H,3,7,9-10H2,1-2H3. The highest BCUT2D eigenvalue weighted by atomic mass is 32.2. The van der Waals surface area contributed by atoms with Gasteiger partial charge in [-0.3, -0.25) is 0 Å². The maximum Gasteiger partial charge on any atom is 0.0959 e. The highest BCUT2D eigenvalue weighted by molar-refractivity contribution is 7.99. The first-order valence-electron chi connectivity index (χ1n) is 5.57. The molecule has 2 nitrogen and oxygen atoms in total. The molecule has 0 aliphatic carbocycles. The SMILES string of the molecule is CCCNCC(C)CSc1ccccn1. The highest BCUT2D eigenvalue weighted by Gasteiger charge is 2.02. The molecular formula is C12H20N2S. The molecule has 0 saturated carbocycles. The third-order valence-electron chi connectivity index (χ3n) is 2.07. The molecule has 0 radical (unpaired) electrons. The summed E-state index contributed by atoms with van der Waals surface area (Å²) in [6.45, 7) is 6.70. The Morgan fingerprint density at radius 1 is 1.47 bits per heavy atom. The van der Waals surface area contributed by atoms with Crippen molar-refractivity contribution in [1.82, 2.24) is 10.3 Å². The Labute approximate surface area is 96.9 Å². The van der Waals surface area contributed by atoms with E-state index in [9.17, 15) is 0 Å². The van der Waals surface area contributed by atoms with Gasteiger partial charge in [-0.2, -0.15) is 0 Å². The normalized spacial score (nSPS) is 12.7. The molecule has 3 heteroatoms. The Kier molecular flexibility index (Phi) is 6.44. The van der Waals surface area contributed by atoms with Crippen molar-refractivity contribution in [3.63, 3.8) is 0 Å². The Morgan fingerprint density at radius 2 is 2.33 bits per heavy atom. The first kappa shape index (κ1) is 12.5. The molecule has 15 heavy (non-hydrogen) atoms. The minimum absolute atomic E-state index is 0.698. The van der Waals surface area contributed by atoms with Crippen molar-refractivity contribution in [3.8, 4) is 0 Å². The molecule has 0 aliphatic heterocycles. The van der Waals surface area contributed by atoms with Crippen LogP contribution in [0.4, 0.5) is 0 Å². The number of pyridine rings is 1. The van der Waals surface area contributed by atoms with E-state index < -0.39 is 0 Å². The van der Waals surface area contributed by atoms with Crippen LogP contribution < -0.4 is 5.32 Å². The van der Waals surface area contributed by atoms with E-state index in [-0.39, 0.29) is 0 Å². The van der Waals surface area contributed by atoms with E-state index in [1.807, 2.05) is 30.1 Å². The Hall–Kier alpha value is -0.540. The van der Waals surface area contributed by atoms with Gasteiger partial charge in [0.2, 0.25) is 0 Å². The summed E-state index contributed by atoms with van der Waals surface area (Å²) in [6.07, 6.45) is 3.06. The summed E-state index contributed by atoms with van der Waals surface area (Å²) in [4.78, 5) is 4.29. The van der Waals surface area contributed by atoms with Crippen LogP contribution in [0.3, 0.4) is 0 Å². The van der Waals surface area contributed by atoms with Crippen LogP contribution in [0.15, 0.2) is 29.4 Å². The zero-order valence-corrected chi connectivity index (χ0v) is 10.4. The maximum atomic E-state index is 4.29. The number of thioether (sulfide) groups is 1. The van der Waals surface area contributed by atoms with E-state index in [0.717, 1.165) is 23.9 Å². The van der Waals surface area contributed by atoms with Gasteiger partial charge in [-0.1, -0.05) is 19.9 Å². The Bertz CT molecular complexity index is 251. The molecule has 1 rings (SSSR count). The summed E-state index contributed by atoms with van der Waals surface area (Å²) < 4.78 is 0. The summed E-state index contributed by atoms with van der Waals surface area (Å²) >= 11 is 1.84. The van der Waals surface area contributed by atoms with E-state index in [1.165, 1.54) is 6.42 Å². The van der Waals surface area contributed by atoms with E-state index in [1.54, 1.807) is 0 Å². The number of rotatable bonds is 7. The fourth-order valence-corrected chi connectivity index (χ4v) is 2.13. The second-order valence-corrected chi connectivity index (χ2v) is 4.83. The quantitative estimate of drug-likeness (QED) is 0.569. The topological polar surface area (TPSA) is 24.9 Å². The molecule has 0 amide bonds. The Balaban J connectivity index is 2.14. The van der Waals surface area contributed by atoms with E-state index in [2.05, 4.69) is 30.2 Å². The third kappa shape index (κ3) is 5.80. The molecule has 0 fully saturated rings. The van der Waals surface area contributed by atoms with Crippen LogP contribution in [0.2, 0.25) is 0 Å². The van der Waals surface area contributed by atoms with Crippen LogP contribution in [0, 0.1) is 5.92 Å².